The third-order valence-electron chi connectivity index (χ3n) is 3.78. The standard InChI is InChI=1S/C14H19N3O2S3/c1-2-13-3-4-14(21-13)22(18,19)17-7-5-16(6-8-17)9-12-10-20-11-15-12/h3-4,10-11H,2,5-9H2,1H3. The molecule has 1 aliphatic heterocycles. The fraction of sp³-hybridized carbons (Fsp3) is 0.500. The van der Waals surface area contributed by atoms with Gasteiger partial charge in [-0.15, -0.1) is 22.7 Å². The maximum atomic E-state index is 12.6. The number of rotatable bonds is 5. The Morgan fingerprint density at radius 3 is 2.59 bits per heavy atom. The summed E-state index contributed by atoms with van der Waals surface area (Å²) in [6.45, 7) is 5.44. The lowest BCUT2D eigenvalue weighted by Crippen LogP contribution is -2.48. The van der Waals surface area contributed by atoms with E-state index in [-0.39, 0.29) is 0 Å². The highest BCUT2D eigenvalue weighted by Crippen LogP contribution is 2.26. The minimum atomic E-state index is -3.33. The van der Waals surface area contributed by atoms with E-state index >= 15 is 0 Å². The molecule has 0 N–H and O–H groups in total. The highest BCUT2D eigenvalue weighted by Gasteiger charge is 2.29. The molecule has 8 heteroatoms. The van der Waals surface area contributed by atoms with Crippen molar-refractivity contribution >= 4 is 32.7 Å². The van der Waals surface area contributed by atoms with Gasteiger partial charge in [-0.05, 0) is 18.6 Å². The van der Waals surface area contributed by atoms with Gasteiger partial charge >= 0.3 is 0 Å². The van der Waals surface area contributed by atoms with Crippen molar-refractivity contribution in [1.29, 1.82) is 0 Å². The van der Waals surface area contributed by atoms with E-state index in [1.165, 1.54) is 11.3 Å². The van der Waals surface area contributed by atoms with Crippen molar-refractivity contribution in [3.63, 3.8) is 0 Å². The van der Waals surface area contributed by atoms with Crippen molar-refractivity contribution in [1.82, 2.24) is 14.2 Å². The van der Waals surface area contributed by atoms with Crippen molar-refractivity contribution in [2.24, 2.45) is 0 Å². The molecule has 5 nitrogen and oxygen atoms in total. The van der Waals surface area contributed by atoms with Crippen LogP contribution in [0.1, 0.15) is 17.5 Å². The lowest BCUT2D eigenvalue weighted by Gasteiger charge is -2.33. The normalized spacial score (nSPS) is 17.9. The molecule has 1 aliphatic rings. The highest BCUT2D eigenvalue weighted by molar-refractivity contribution is 7.91. The first-order valence-electron chi connectivity index (χ1n) is 7.28. The first-order valence-corrected chi connectivity index (χ1v) is 10.5. The number of piperazine rings is 1. The SMILES string of the molecule is CCc1ccc(S(=O)(=O)N2CCN(Cc3cscn3)CC2)s1. The van der Waals surface area contributed by atoms with E-state index in [1.54, 1.807) is 21.7 Å². The smallest absolute Gasteiger partial charge is 0.252 e. The summed E-state index contributed by atoms with van der Waals surface area (Å²) in [6.07, 6.45) is 0.877. The number of sulfonamides is 1. The van der Waals surface area contributed by atoms with Crippen molar-refractivity contribution in [3.8, 4) is 0 Å². The minimum absolute atomic E-state index is 0.470. The van der Waals surface area contributed by atoms with E-state index in [4.69, 9.17) is 0 Å². The van der Waals surface area contributed by atoms with E-state index in [2.05, 4.69) is 9.88 Å². The monoisotopic (exact) mass is 357 g/mol. The highest BCUT2D eigenvalue weighted by atomic mass is 32.2. The van der Waals surface area contributed by atoms with Gasteiger partial charge < -0.3 is 0 Å². The molecule has 2 aromatic rings. The first kappa shape index (κ1) is 16.1. The third kappa shape index (κ3) is 3.41. The van der Waals surface area contributed by atoms with Crippen LogP contribution in [0.25, 0.3) is 0 Å². The lowest BCUT2D eigenvalue weighted by molar-refractivity contribution is 0.180. The van der Waals surface area contributed by atoms with Gasteiger partial charge in [-0.3, -0.25) is 4.90 Å². The second-order valence-electron chi connectivity index (χ2n) is 5.23. The summed E-state index contributed by atoms with van der Waals surface area (Å²) in [7, 11) is -3.33. The molecule has 3 heterocycles. The molecular formula is C14H19N3O2S3. The van der Waals surface area contributed by atoms with Crippen LogP contribution in [0.4, 0.5) is 0 Å². The lowest BCUT2D eigenvalue weighted by atomic mass is 10.3. The maximum Gasteiger partial charge on any atom is 0.252 e. The Bertz CT molecular complexity index is 702. The second kappa shape index (κ2) is 6.76. The van der Waals surface area contributed by atoms with Crippen LogP contribution in [-0.4, -0.2) is 48.8 Å². The molecule has 1 fully saturated rings. The predicted octanol–water partition coefficient (Wildman–Crippen LogP) is 2.27. The van der Waals surface area contributed by atoms with E-state index in [1.807, 2.05) is 23.9 Å². The number of thiophene rings is 1. The Hall–Kier alpha value is -0.800. The van der Waals surface area contributed by atoms with Gasteiger partial charge in [0, 0.05) is 43.0 Å². The molecule has 0 unspecified atom stereocenters. The number of thiazole rings is 1. The molecule has 120 valence electrons. The number of aromatic nitrogens is 1. The third-order valence-corrected chi connectivity index (χ3v) is 8.01. The first-order chi connectivity index (χ1) is 10.6. The number of hydrogen-bond donors (Lipinski definition) is 0. The van der Waals surface area contributed by atoms with Gasteiger partial charge in [0.2, 0.25) is 0 Å². The summed E-state index contributed by atoms with van der Waals surface area (Å²) in [5.41, 5.74) is 2.89. The van der Waals surface area contributed by atoms with Crippen LogP contribution in [0.15, 0.2) is 27.2 Å². The van der Waals surface area contributed by atoms with E-state index in [0.29, 0.717) is 17.3 Å². The zero-order valence-electron chi connectivity index (χ0n) is 12.4. The predicted molar refractivity (Wildman–Crippen MR) is 89.8 cm³/mol. The summed E-state index contributed by atoms with van der Waals surface area (Å²) in [5, 5.41) is 2.04. The Kier molecular flexibility index (Phi) is 4.94. The number of hydrogen-bond acceptors (Lipinski definition) is 6. The van der Waals surface area contributed by atoms with Gasteiger partial charge in [0.25, 0.3) is 10.0 Å². The average molecular weight is 358 g/mol. The molecule has 2 aromatic heterocycles. The molecular weight excluding hydrogens is 338 g/mol. The molecule has 0 aliphatic carbocycles. The summed E-state index contributed by atoms with van der Waals surface area (Å²) >= 11 is 2.98. The van der Waals surface area contributed by atoms with Crippen LogP contribution >= 0.6 is 22.7 Å². The molecule has 1 saturated heterocycles. The average Bonchev–Trinajstić information content (AvgIpc) is 3.19. The molecule has 0 aromatic carbocycles. The van der Waals surface area contributed by atoms with Crippen molar-refractivity contribution in [2.75, 3.05) is 26.2 Å². The Morgan fingerprint density at radius 1 is 1.23 bits per heavy atom. The van der Waals surface area contributed by atoms with E-state index in [0.717, 1.165) is 36.6 Å². The summed E-state index contributed by atoms with van der Waals surface area (Å²) < 4.78 is 27.4. The molecule has 0 atom stereocenters. The zero-order valence-corrected chi connectivity index (χ0v) is 14.9. The summed E-state index contributed by atoms with van der Waals surface area (Å²) in [5.74, 6) is 0. The fourth-order valence-corrected chi connectivity index (χ4v) is 5.91. The van der Waals surface area contributed by atoms with Crippen molar-refractivity contribution in [2.45, 2.75) is 24.1 Å². The fourth-order valence-electron chi connectivity index (χ4n) is 2.49. The van der Waals surface area contributed by atoms with Gasteiger partial charge in [0.15, 0.2) is 0 Å². The van der Waals surface area contributed by atoms with Crippen LogP contribution in [0, 0.1) is 0 Å². The topological polar surface area (TPSA) is 53.5 Å². The summed E-state index contributed by atoms with van der Waals surface area (Å²) in [4.78, 5) is 7.65. The second-order valence-corrected chi connectivity index (χ2v) is 9.29. The number of aryl methyl sites for hydroxylation is 1. The van der Waals surface area contributed by atoms with Crippen molar-refractivity contribution in [3.05, 3.63) is 33.6 Å². The molecule has 0 amide bonds. The van der Waals surface area contributed by atoms with Gasteiger partial charge in [0.1, 0.15) is 4.21 Å². The Labute approximate surface area is 139 Å². The molecule has 0 spiro atoms. The molecule has 0 radical (unpaired) electrons. The van der Waals surface area contributed by atoms with Crippen LogP contribution in [0.2, 0.25) is 0 Å². The van der Waals surface area contributed by atoms with Crippen LogP contribution in [-0.2, 0) is 23.0 Å². The minimum Gasteiger partial charge on any atom is -0.295 e. The summed E-state index contributed by atoms with van der Waals surface area (Å²) in [6, 6.07) is 3.65. The van der Waals surface area contributed by atoms with Crippen molar-refractivity contribution < 1.29 is 8.42 Å². The van der Waals surface area contributed by atoms with E-state index in [9.17, 15) is 8.42 Å². The largest absolute Gasteiger partial charge is 0.295 e. The van der Waals surface area contributed by atoms with Crippen LogP contribution < -0.4 is 0 Å². The van der Waals surface area contributed by atoms with Gasteiger partial charge in [0.05, 0.1) is 11.2 Å². The maximum absolute atomic E-state index is 12.6. The van der Waals surface area contributed by atoms with Gasteiger partial charge in [-0.25, -0.2) is 13.4 Å². The van der Waals surface area contributed by atoms with E-state index < -0.39 is 10.0 Å². The van der Waals surface area contributed by atoms with Crippen LogP contribution in [0.5, 0.6) is 0 Å². The molecule has 22 heavy (non-hydrogen) atoms. The molecule has 0 bridgehead atoms. The Morgan fingerprint density at radius 2 is 2.00 bits per heavy atom. The zero-order chi connectivity index (χ0) is 15.6. The van der Waals surface area contributed by atoms with Crippen LogP contribution in [0.3, 0.4) is 0 Å². The van der Waals surface area contributed by atoms with Gasteiger partial charge in [-0.1, -0.05) is 6.92 Å². The van der Waals surface area contributed by atoms with Gasteiger partial charge in [-0.2, -0.15) is 4.31 Å². The number of nitrogens with zero attached hydrogens (tertiary/aromatic N) is 3. The molecule has 3 rings (SSSR count). The molecule has 0 saturated carbocycles. The quantitative estimate of drug-likeness (QED) is 0.824. The Balaban J connectivity index is 1.62.